The molecule has 0 amide bonds. The molecule has 1 saturated heterocycles. The van der Waals surface area contributed by atoms with Crippen molar-refractivity contribution in [3.63, 3.8) is 0 Å². The number of nitrogens with one attached hydrogen (secondary N) is 1. The van der Waals surface area contributed by atoms with Crippen molar-refractivity contribution in [3.05, 3.63) is 0 Å². The van der Waals surface area contributed by atoms with Gasteiger partial charge in [-0.2, -0.15) is 0 Å². The molecule has 1 fully saturated rings. The van der Waals surface area contributed by atoms with Gasteiger partial charge in [0.1, 0.15) is 0 Å². The number of nitrogens with zero attached hydrogens (tertiary/aromatic N) is 2. The Hall–Kier alpha value is -0.120. The van der Waals surface area contributed by atoms with Crippen LogP contribution in [-0.2, 0) is 0 Å². The fourth-order valence-electron chi connectivity index (χ4n) is 3.13. The molecule has 0 saturated carbocycles. The van der Waals surface area contributed by atoms with E-state index in [0.29, 0.717) is 11.5 Å². The van der Waals surface area contributed by atoms with Crippen molar-refractivity contribution < 1.29 is 0 Å². The normalized spacial score (nSPS) is 28.3. The molecule has 1 heterocycles. The standard InChI is InChI=1S/C16H35N3/c1-8-16(5,11-17-13(2)3)12-19-9-14(4)15(10-19)18(6)7/h13-15,17H,8-12H2,1-7H3. The minimum atomic E-state index is 0.394. The molecule has 0 radical (unpaired) electrons. The van der Waals surface area contributed by atoms with Gasteiger partial charge in [0.15, 0.2) is 0 Å². The summed E-state index contributed by atoms with van der Waals surface area (Å²) < 4.78 is 0. The summed E-state index contributed by atoms with van der Waals surface area (Å²) in [6.07, 6.45) is 1.24. The third-order valence-corrected chi connectivity index (χ3v) is 4.71. The minimum Gasteiger partial charge on any atom is -0.314 e. The Morgan fingerprint density at radius 3 is 2.37 bits per heavy atom. The van der Waals surface area contributed by atoms with Crippen LogP contribution in [0, 0.1) is 11.3 Å². The lowest BCUT2D eigenvalue weighted by atomic mass is 9.86. The van der Waals surface area contributed by atoms with Gasteiger partial charge in [0, 0.05) is 38.3 Å². The van der Waals surface area contributed by atoms with Crippen LogP contribution in [0.3, 0.4) is 0 Å². The molecule has 0 aromatic rings. The van der Waals surface area contributed by atoms with E-state index >= 15 is 0 Å². The molecule has 1 aliphatic rings. The molecule has 114 valence electrons. The number of rotatable bonds is 7. The van der Waals surface area contributed by atoms with Crippen LogP contribution < -0.4 is 5.32 Å². The maximum atomic E-state index is 3.62. The zero-order chi connectivity index (χ0) is 14.6. The molecule has 0 aromatic heterocycles. The van der Waals surface area contributed by atoms with Gasteiger partial charge in [-0.05, 0) is 31.8 Å². The summed E-state index contributed by atoms with van der Waals surface area (Å²) >= 11 is 0. The molecule has 0 spiro atoms. The lowest BCUT2D eigenvalue weighted by Gasteiger charge is -2.34. The summed E-state index contributed by atoms with van der Waals surface area (Å²) in [5, 5.41) is 3.62. The third-order valence-electron chi connectivity index (χ3n) is 4.71. The Balaban J connectivity index is 2.52. The average Bonchev–Trinajstić information content (AvgIpc) is 2.67. The molecule has 3 atom stereocenters. The maximum absolute atomic E-state index is 3.62. The van der Waals surface area contributed by atoms with E-state index in [1.54, 1.807) is 0 Å². The van der Waals surface area contributed by atoms with E-state index in [1.807, 2.05) is 0 Å². The highest BCUT2D eigenvalue weighted by molar-refractivity contribution is 4.90. The first kappa shape index (κ1) is 16.9. The molecule has 1 rings (SSSR count). The van der Waals surface area contributed by atoms with Crippen molar-refractivity contribution in [3.8, 4) is 0 Å². The number of hydrogen-bond acceptors (Lipinski definition) is 3. The van der Waals surface area contributed by atoms with E-state index in [4.69, 9.17) is 0 Å². The predicted molar refractivity (Wildman–Crippen MR) is 84.6 cm³/mol. The molecule has 3 heteroatoms. The van der Waals surface area contributed by atoms with E-state index in [-0.39, 0.29) is 0 Å². The number of likely N-dealkylation sites (N-methyl/N-ethyl adjacent to an activating group) is 1. The second-order valence-corrected chi connectivity index (χ2v) is 7.40. The molecule has 3 unspecified atom stereocenters. The van der Waals surface area contributed by atoms with Gasteiger partial charge in [0.05, 0.1) is 0 Å². The zero-order valence-corrected chi connectivity index (χ0v) is 14.2. The van der Waals surface area contributed by atoms with Crippen LogP contribution in [0.2, 0.25) is 0 Å². The van der Waals surface area contributed by atoms with Gasteiger partial charge in [0.2, 0.25) is 0 Å². The Labute approximate surface area is 120 Å². The molecular weight excluding hydrogens is 234 g/mol. The minimum absolute atomic E-state index is 0.394. The van der Waals surface area contributed by atoms with E-state index in [1.165, 1.54) is 26.1 Å². The highest BCUT2D eigenvalue weighted by Crippen LogP contribution is 2.27. The number of hydrogen-bond donors (Lipinski definition) is 1. The van der Waals surface area contributed by atoms with Gasteiger partial charge >= 0.3 is 0 Å². The van der Waals surface area contributed by atoms with Crippen LogP contribution in [0.25, 0.3) is 0 Å². The Kier molecular flexibility index (Phi) is 6.28. The van der Waals surface area contributed by atoms with Crippen molar-refractivity contribution in [2.75, 3.05) is 40.3 Å². The molecule has 0 aromatic carbocycles. The lowest BCUT2D eigenvalue weighted by Crippen LogP contribution is -2.43. The van der Waals surface area contributed by atoms with Crippen LogP contribution in [0.4, 0.5) is 0 Å². The Morgan fingerprint density at radius 2 is 1.95 bits per heavy atom. The van der Waals surface area contributed by atoms with Gasteiger partial charge in [-0.1, -0.05) is 34.6 Å². The average molecular weight is 269 g/mol. The maximum Gasteiger partial charge on any atom is 0.0254 e. The predicted octanol–water partition coefficient (Wildman–Crippen LogP) is 2.28. The summed E-state index contributed by atoms with van der Waals surface area (Å²) in [5.74, 6) is 0.786. The smallest absolute Gasteiger partial charge is 0.0254 e. The van der Waals surface area contributed by atoms with E-state index < -0.39 is 0 Å². The van der Waals surface area contributed by atoms with Crippen molar-refractivity contribution in [1.82, 2.24) is 15.1 Å². The van der Waals surface area contributed by atoms with E-state index in [0.717, 1.165) is 18.5 Å². The summed E-state index contributed by atoms with van der Waals surface area (Å²) in [4.78, 5) is 5.06. The van der Waals surface area contributed by atoms with Gasteiger partial charge in [-0.15, -0.1) is 0 Å². The fourth-order valence-corrected chi connectivity index (χ4v) is 3.13. The van der Waals surface area contributed by atoms with Gasteiger partial charge in [0.25, 0.3) is 0 Å². The molecule has 3 nitrogen and oxygen atoms in total. The second-order valence-electron chi connectivity index (χ2n) is 7.40. The fraction of sp³-hybridized carbons (Fsp3) is 1.00. The van der Waals surface area contributed by atoms with Crippen molar-refractivity contribution >= 4 is 0 Å². The van der Waals surface area contributed by atoms with Crippen LogP contribution in [0.5, 0.6) is 0 Å². The molecule has 19 heavy (non-hydrogen) atoms. The van der Waals surface area contributed by atoms with Gasteiger partial charge in [-0.3, -0.25) is 0 Å². The van der Waals surface area contributed by atoms with Crippen molar-refractivity contribution in [2.45, 2.75) is 53.1 Å². The Morgan fingerprint density at radius 1 is 1.32 bits per heavy atom. The quantitative estimate of drug-likeness (QED) is 0.765. The summed E-state index contributed by atoms with van der Waals surface area (Å²) in [5.41, 5.74) is 0.394. The summed E-state index contributed by atoms with van der Waals surface area (Å²) in [7, 11) is 4.42. The van der Waals surface area contributed by atoms with Crippen molar-refractivity contribution in [1.29, 1.82) is 0 Å². The topological polar surface area (TPSA) is 18.5 Å². The molecule has 1 N–H and O–H groups in total. The van der Waals surface area contributed by atoms with Crippen LogP contribution >= 0.6 is 0 Å². The molecular formula is C16H35N3. The highest BCUT2D eigenvalue weighted by Gasteiger charge is 2.34. The first-order valence-electron chi connectivity index (χ1n) is 7.89. The molecule has 0 bridgehead atoms. The summed E-state index contributed by atoms with van der Waals surface area (Å²) in [6.45, 7) is 16.4. The second kappa shape index (κ2) is 7.05. The molecule has 1 aliphatic heterocycles. The van der Waals surface area contributed by atoms with Gasteiger partial charge in [-0.25, -0.2) is 0 Å². The van der Waals surface area contributed by atoms with Crippen LogP contribution in [-0.4, -0.2) is 62.2 Å². The zero-order valence-electron chi connectivity index (χ0n) is 14.2. The third kappa shape index (κ3) is 5.05. The van der Waals surface area contributed by atoms with E-state index in [9.17, 15) is 0 Å². The number of likely N-dealkylation sites (tertiary alicyclic amines) is 1. The molecule has 0 aliphatic carbocycles. The highest BCUT2D eigenvalue weighted by atomic mass is 15.2. The monoisotopic (exact) mass is 269 g/mol. The first-order valence-corrected chi connectivity index (χ1v) is 7.89. The van der Waals surface area contributed by atoms with Crippen LogP contribution in [0.15, 0.2) is 0 Å². The summed E-state index contributed by atoms with van der Waals surface area (Å²) in [6, 6.07) is 1.30. The largest absolute Gasteiger partial charge is 0.314 e. The first-order chi connectivity index (χ1) is 8.77. The van der Waals surface area contributed by atoms with Crippen molar-refractivity contribution in [2.24, 2.45) is 11.3 Å². The van der Waals surface area contributed by atoms with Crippen LogP contribution in [0.1, 0.15) is 41.0 Å². The lowest BCUT2D eigenvalue weighted by molar-refractivity contribution is 0.166. The Bertz CT molecular complexity index is 265. The van der Waals surface area contributed by atoms with Gasteiger partial charge < -0.3 is 15.1 Å². The van der Waals surface area contributed by atoms with E-state index in [2.05, 4.69) is 63.8 Å². The SMILES string of the molecule is CCC(C)(CNC(C)C)CN1CC(C)C(N(C)C)C1.